The van der Waals surface area contributed by atoms with E-state index in [1.807, 2.05) is 43.3 Å². The summed E-state index contributed by atoms with van der Waals surface area (Å²) >= 11 is 6.93. The molecule has 1 aromatic heterocycles. The minimum Gasteiger partial charge on any atom is -0.342 e. The molecule has 0 aliphatic carbocycles. The second kappa shape index (κ2) is 8.84. The fourth-order valence-electron chi connectivity index (χ4n) is 4.58. The summed E-state index contributed by atoms with van der Waals surface area (Å²) in [6, 6.07) is 31.2. The molecule has 5 heteroatoms. The molecule has 1 amide bonds. The number of anilines is 1. The van der Waals surface area contributed by atoms with Crippen molar-refractivity contribution in [3.63, 3.8) is 0 Å². The number of rotatable bonds is 4. The molecule has 2 heterocycles. The number of fused-ring (bicyclic) bond motifs is 2. The predicted molar refractivity (Wildman–Crippen MR) is 152 cm³/mol. The second-order valence-corrected chi connectivity index (χ2v) is 10.4. The lowest BCUT2D eigenvalue weighted by atomic mass is 10.1. The lowest BCUT2D eigenvalue weighted by Gasteiger charge is -2.14. The maximum atomic E-state index is 13.3. The van der Waals surface area contributed by atoms with E-state index in [1.165, 1.54) is 28.1 Å². The summed E-state index contributed by atoms with van der Waals surface area (Å²) in [6.45, 7) is 2.78. The molecule has 6 rings (SSSR count). The van der Waals surface area contributed by atoms with E-state index in [4.69, 9.17) is 12.2 Å². The number of carbonyl (C=O) groups excluding carboxylic acids is 1. The van der Waals surface area contributed by atoms with Gasteiger partial charge in [-0.2, -0.15) is 0 Å². The van der Waals surface area contributed by atoms with Crippen LogP contribution in [-0.4, -0.2) is 14.8 Å². The predicted octanol–water partition coefficient (Wildman–Crippen LogP) is 7.56. The number of hydrogen-bond acceptors (Lipinski definition) is 3. The Balaban J connectivity index is 1.36. The largest absolute Gasteiger partial charge is 0.342 e. The molecule has 0 radical (unpaired) electrons. The van der Waals surface area contributed by atoms with Gasteiger partial charge >= 0.3 is 0 Å². The monoisotopic (exact) mass is 490 g/mol. The van der Waals surface area contributed by atoms with Gasteiger partial charge < -0.3 is 4.57 Å². The van der Waals surface area contributed by atoms with E-state index in [-0.39, 0.29) is 5.91 Å². The normalized spacial score (nSPS) is 15.1. The van der Waals surface area contributed by atoms with Crippen LogP contribution in [0.4, 0.5) is 5.69 Å². The molecule has 0 spiro atoms. The minimum absolute atomic E-state index is 0.0739. The lowest BCUT2D eigenvalue weighted by Crippen LogP contribution is -2.27. The van der Waals surface area contributed by atoms with Gasteiger partial charge in [-0.15, -0.1) is 0 Å². The number of carbonyl (C=O) groups is 1. The van der Waals surface area contributed by atoms with Crippen LogP contribution in [0.3, 0.4) is 0 Å². The fourth-order valence-corrected chi connectivity index (χ4v) is 5.87. The highest BCUT2D eigenvalue weighted by Crippen LogP contribution is 2.37. The molecule has 0 N–H and O–H groups in total. The highest BCUT2D eigenvalue weighted by molar-refractivity contribution is 8.27. The van der Waals surface area contributed by atoms with Crippen molar-refractivity contribution in [3.05, 3.63) is 119 Å². The molecule has 0 atom stereocenters. The molecule has 4 aromatic carbocycles. The topological polar surface area (TPSA) is 25.2 Å². The van der Waals surface area contributed by atoms with Crippen LogP contribution in [0.2, 0.25) is 0 Å². The Morgan fingerprint density at radius 2 is 1.63 bits per heavy atom. The van der Waals surface area contributed by atoms with Gasteiger partial charge in [-0.25, -0.2) is 0 Å². The first-order chi connectivity index (χ1) is 17.1. The zero-order chi connectivity index (χ0) is 23.9. The summed E-state index contributed by atoms with van der Waals surface area (Å²) in [5, 5.41) is 3.60. The van der Waals surface area contributed by atoms with Gasteiger partial charge in [0.15, 0.2) is 4.32 Å². The van der Waals surface area contributed by atoms with Gasteiger partial charge in [0.2, 0.25) is 0 Å². The van der Waals surface area contributed by atoms with Crippen molar-refractivity contribution in [3.8, 4) is 0 Å². The number of hydrogen-bond donors (Lipinski definition) is 0. The number of para-hydroxylation sites is 1. The highest BCUT2D eigenvalue weighted by Gasteiger charge is 2.33. The average Bonchev–Trinajstić information content (AvgIpc) is 3.36. The summed E-state index contributed by atoms with van der Waals surface area (Å²) in [6.07, 6.45) is 4.12. The number of thiocarbonyl (C=S) groups is 1. The van der Waals surface area contributed by atoms with Crippen LogP contribution < -0.4 is 4.90 Å². The van der Waals surface area contributed by atoms with Gasteiger partial charge in [-0.05, 0) is 53.6 Å². The number of aromatic nitrogens is 1. The number of nitrogens with zero attached hydrogens (tertiary/aromatic N) is 2. The van der Waals surface area contributed by atoms with Crippen molar-refractivity contribution in [1.82, 2.24) is 4.57 Å². The Morgan fingerprint density at radius 1 is 0.886 bits per heavy atom. The van der Waals surface area contributed by atoms with Crippen LogP contribution in [0, 0.1) is 6.92 Å². The van der Waals surface area contributed by atoms with E-state index in [9.17, 15) is 4.79 Å². The highest BCUT2D eigenvalue weighted by atomic mass is 32.2. The maximum Gasteiger partial charge on any atom is 0.270 e. The molecule has 0 saturated carbocycles. The van der Waals surface area contributed by atoms with Gasteiger partial charge in [0.1, 0.15) is 0 Å². The molecular formula is C30H22N2OS2. The van der Waals surface area contributed by atoms with Crippen molar-refractivity contribution in [2.75, 3.05) is 4.90 Å². The standard InChI is InChI=1S/C30H22N2OS2/c1-20-10-14-25(15-11-20)32-29(33)28(35-30(32)34)17-24-19-31(27-9-5-4-8-26(24)27)18-21-12-13-22-6-2-3-7-23(22)16-21/h2-17,19H,18H2,1H3/b28-17+. The van der Waals surface area contributed by atoms with Crippen LogP contribution in [0.25, 0.3) is 27.8 Å². The first kappa shape index (κ1) is 21.8. The first-order valence-electron chi connectivity index (χ1n) is 11.5. The quantitative estimate of drug-likeness (QED) is 0.192. The smallest absolute Gasteiger partial charge is 0.270 e. The van der Waals surface area contributed by atoms with Gasteiger partial charge in [0.25, 0.3) is 5.91 Å². The Bertz CT molecular complexity index is 1650. The molecule has 170 valence electrons. The van der Waals surface area contributed by atoms with Crippen LogP contribution >= 0.6 is 24.0 Å². The zero-order valence-electron chi connectivity index (χ0n) is 19.1. The Morgan fingerprint density at radius 3 is 2.46 bits per heavy atom. The number of thioether (sulfide) groups is 1. The molecule has 5 aromatic rings. The molecule has 0 bridgehead atoms. The van der Waals surface area contributed by atoms with Gasteiger partial charge in [0.05, 0.1) is 10.6 Å². The van der Waals surface area contributed by atoms with Crippen molar-refractivity contribution >= 4 is 67.6 Å². The number of benzene rings is 4. The second-order valence-electron chi connectivity index (χ2n) is 8.76. The van der Waals surface area contributed by atoms with E-state index < -0.39 is 0 Å². The number of aryl methyl sites for hydroxylation is 1. The first-order valence-corrected chi connectivity index (χ1v) is 12.7. The molecule has 1 aliphatic heterocycles. The zero-order valence-corrected chi connectivity index (χ0v) is 20.8. The van der Waals surface area contributed by atoms with E-state index in [0.29, 0.717) is 9.23 Å². The molecule has 3 nitrogen and oxygen atoms in total. The van der Waals surface area contributed by atoms with E-state index in [2.05, 4.69) is 71.4 Å². The molecule has 1 aliphatic rings. The summed E-state index contributed by atoms with van der Waals surface area (Å²) in [5.74, 6) is -0.0739. The van der Waals surface area contributed by atoms with E-state index in [1.54, 1.807) is 4.90 Å². The van der Waals surface area contributed by atoms with Crippen LogP contribution in [0.15, 0.2) is 102 Å². The van der Waals surface area contributed by atoms with Crippen molar-refractivity contribution in [2.45, 2.75) is 13.5 Å². The third-order valence-corrected chi connectivity index (χ3v) is 7.66. The van der Waals surface area contributed by atoms with Crippen molar-refractivity contribution in [1.29, 1.82) is 0 Å². The van der Waals surface area contributed by atoms with Gasteiger partial charge in [0, 0.05) is 29.2 Å². The number of amides is 1. The molecule has 1 fully saturated rings. The minimum atomic E-state index is -0.0739. The third kappa shape index (κ3) is 4.07. The van der Waals surface area contributed by atoms with E-state index >= 15 is 0 Å². The maximum absolute atomic E-state index is 13.3. The summed E-state index contributed by atoms with van der Waals surface area (Å²) in [7, 11) is 0. The average molecular weight is 491 g/mol. The van der Waals surface area contributed by atoms with Crippen LogP contribution in [0.5, 0.6) is 0 Å². The summed E-state index contributed by atoms with van der Waals surface area (Å²) in [5.41, 5.74) is 5.35. The van der Waals surface area contributed by atoms with Crippen LogP contribution in [-0.2, 0) is 11.3 Å². The Hall–Kier alpha value is -3.67. The summed E-state index contributed by atoms with van der Waals surface area (Å²) in [4.78, 5) is 15.6. The fraction of sp³-hybridized carbons (Fsp3) is 0.0667. The molecule has 1 saturated heterocycles. The molecule has 0 unspecified atom stereocenters. The van der Waals surface area contributed by atoms with Gasteiger partial charge in [-0.3, -0.25) is 9.69 Å². The lowest BCUT2D eigenvalue weighted by molar-refractivity contribution is -0.113. The molecular weight excluding hydrogens is 468 g/mol. The van der Waals surface area contributed by atoms with Crippen molar-refractivity contribution in [2.24, 2.45) is 0 Å². The SMILES string of the molecule is Cc1ccc(N2C(=O)/C(=C\c3cn(Cc4ccc5ccccc5c4)c4ccccc34)SC2=S)cc1. The van der Waals surface area contributed by atoms with Crippen LogP contribution in [0.1, 0.15) is 16.7 Å². The molecule has 35 heavy (non-hydrogen) atoms. The summed E-state index contributed by atoms with van der Waals surface area (Å²) < 4.78 is 2.82. The Labute approximate surface area is 213 Å². The Kier molecular flexibility index (Phi) is 5.51. The van der Waals surface area contributed by atoms with Crippen molar-refractivity contribution < 1.29 is 4.79 Å². The third-order valence-electron chi connectivity index (χ3n) is 6.36. The van der Waals surface area contributed by atoms with E-state index in [0.717, 1.165) is 34.3 Å². The van der Waals surface area contributed by atoms with Gasteiger partial charge in [-0.1, -0.05) is 96.3 Å².